The Balaban J connectivity index is 1.43. The molecule has 0 saturated carbocycles. The van der Waals surface area contributed by atoms with E-state index in [0.29, 0.717) is 5.56 Å². The highest BCUT2D eigenvalue weighted by atomic mass is 16.7. The summed E-state index contributed by atoms with van der Waals surface area (Å²) in [5.41, 5.74) is -0.456. The molecule has 5 rings (SSSR count). The molecular formula is C29H34O16. The minimum absolute atomic E-state index is 0.0464. The Hall–Kier alpha value is -3.71. The molecule has 246 valence electrons. The van der Waals surface area contributed by atoms with Crippen molar-refractivity contribution >= 4 is 11.0 Å². The number of methoxy groups -OCH3 is 2. The fourth-order valence-corrected chi connectivity index (χ4v) is 5.14. The van der Waals surface area contributed by atoms with Crippen LogP contribution in [0.15, 0.2) is 39.5 Å². The van der Waals surface area contributed by atoms with E-state index in [2.05, 4.69) is 0 Å². The van der Waals surface area contributed by atoms with Crippen LogP contribution in [-0.4, -0.2) is 123 Å². The summed E-state index contributed by atoms with van der Waals surface area (Å²) in [6, 6.07) is 6.56. The van der Waals surface area contributed by atoms with E-state index in [1.165, 1.54) is 45.4 Å². The molecule has 1 aromatic heterocycles. The monoisotopic (exact) mass is 638 g/mol. The fourth-order valence-electron chi connectivity index (χ4n) is 5.14. The Morgan fingerprint density at radius 3 is 2.16 bits per heavy atom. The van der Waals surface area contributed by atoms with Gasteiger partial charge in [-0.2, -0.15) is 0 Å². The van der Waals surface area contributed by atoms with Crippen molar-refractivity contribution in [2.24, 2.45) is 0 Å². The van der Waals surface area contributed by atoms with Crippen LogP contribution in [0.4, 0.5) is 0 Å². The van der Waals surface area contributed by atoms with Crippen molar-refractivity contribution in [1.29, 1.82) is 0 Å². The molecule has 10 atom stereocenters. The van der Waals surface area contributed by atoms with Crippen LogP contribution in [0, 0.1) is 0 Å². The van der Waals surface area contributed by atoms with E-state index < -0.39 is 79.2 Å². The van der Waals surface area contributed by atoms with Crippen molar-refractivity contribution in [3.63, 3.8) is 0 Å². The molecular weight excluding hydrogens is 604 g/mol. The lowest BCUT2D eigenvalue weighted by Gasteiger charge is -2.42. The average Bonchev–Trinajstić information content (AvgIpc) is 3.01. The van der Waals surface area contributed by atoms with Crippen LogP contribution in [-0.2, 0) is 14.2 Å². The SMILES string of the molecule is COc1cc(-c2cc(=O)c3c(O)c(OC)c(O[C@@H]4O[C@H](CO[C@@H]5O[C@@H](C)[C@H](O)[C@@H](O)[C@H]5O)[C@@H](O)[C@H](O)[C@H]4O)cc3o2)ccc1O. The molecule has 2 aromatic carbocycles. The third-order valence-electron chi connectivity index (χ3n) is 7.73. The van der Waals surface area contributed by atoms with E-state index in [9.17, 15) is 45.6 Å². The van der Waals surface area contributed by atoms with Crippen molar-refractivity contribution in [2.75, 3.05) is 20.8 Å². The molecule has 0 radical (unpaired) electrons. The molecule has 0 spiro atoms. The lowest BCUT2D eigenvalue weighted by Crippen LogP contribution is -2.61. The lowest BCUT2D eigenvalue weighted by atomic mass is 9.98. The van der Waals surface area contributed by atoms with Gasteiger partial charge in [-0.3, -0.25) is 4.79 Å². The number of rotatable bonds is 8. The van der Waals surface area contributed by atoms with Crippen LogP contribution in [0.3, 0.4) is 0 Å². The summed E-state index contributed by atoms with van der Waals surface area (Å²) in [6.45, 7) is 0.918. The van der Waals surface area contributed by atoms with Gasteiger partial charge in [0.15, 0.2) is 34.7 Å². The van der Waals surface area contributed by atoms with Crippen molar-refractivity contribution in [3.8, 4) is 40.1 Å². The maximum Gasteiger partial charge on any atom is 0.229 e. The smallest absolute Gasteiger partial charge is 0.229 e. The third-order valence-corrected chi connectivity index (χ3v) is 7.73. The third kappa shape index (κ3) is 6.11. The highest BCUT2D eigenvalue weighted by Gasteiger charge is 2.47. The summed E-state index contributed by atoms with van der Waals surface area (Å²) in [5.74, 6) is -1.25. The predicted octanol–water partition coefficient (Wildman–Crippen LogP) is -1.08. The first-order chi connectivity index (χ1) is 21.4. The Morgan fingerprint density at radius 1 is 0.778 bits per heavy atom. The number of phenols is 2. The summed E-state index contributed by atoms with van der Waals surface area (Å²) in [5, 5.41) is 82.5. The lowest BCUT2D eigenvalue weighted by molar-refractivity contribution is -0.318. The molecule has 8 N–H and O–H groups in total. The number of aliphatic hydroxyl groups excluding tert-OH is 6. The van der Waals surface area contributed by atoms with Gasteiger partial charge in [-0.1, -0.05) is 0 Å². The number of aliphatic hydroxyl groups is 6. The number of hydrogen-bond acceptors (Lipinski definition) is 16. The summed E-state index contributed by atoms with van der Waals surface area (Å²) < 4.78 is 38.5. The summed E-state index contributed by atoms with van der Waals surface area (Å²) in [6.07, 6.45) is -15.4. The van der Waals surface area contributed by atoms with E-state index in [-0.39, 0.29) is 39.7 Å². The molecule has 3 aromatic rings. The molecule has 0 bridgehead atoms. The van der Waals surface area contributed by atoms with Crippen molar-refractivity contribution in [3.05, 3.63) is 40.6 Å². The molecule has 3 heterocycles. The number of fused-ring (bicyclic) bond motifs is 1. The molecule has 2 aliphatic rings. The molecule has 0 aliphatic carbocycles. The van der Waals surface area contributed by atoms with E-state index in [0.717, 1.165) is 6.07 Å². The molecule has 2 fully saturated rings. The Kier molecular flexibility index (Phi) is 9.41. The number of phenolic OH excluding ortho intramolecular Hbond substituents is 2. The van der Waals surface area contributed by atoms with E-state index in [1.807, 2.05) is 0 Å². The minimum atomic E-state index is -1.84. The number of benzene rings is 2. The van der Waals surface area contributed by atoms with Crippen molar-refractivity contribution < 1.29 is 73.7 Å². The van der Waals surface area contributed by atoms with Crippen LogP contribution in [0.1, 0.15) is 6.92 Å². The highest BCUT2D eigenvalue weighted by Crippen LogP contribution is 2.44. The first kappa shape index (κ1) is 32.7. The van der Waals surface area contributed by atoms with Crippen LogP contribution in [0.2, 0.25) is 0 Å². The Bertz CT molecular complexity index is 1570. The Morgan fingerprint density at radius 2 is 1.47 bits per heavy atom. The van der Waals surface area contributed by atoms with Crippen molar-refractivity contribution in [2.45, 2.75) is 68.3 Å². The quantitative estimate of drug-likeness (QED) is 0.146. The average molecular weight is 639 g/mol. The zero-order valence-corrected chi connectivity index (χ0v) is 24.2. The van der Waals surface area contributed by atoms with Gasteiger partial charge in [0.05, 0.1) is 26.9 Å². The molecule has 45 heavy (non-hydrogen) atoms. The van der Waals surface area contributed by atoms with Gasteiger partial charge >= 0.3 is 0 Å². The molecule has 2 aliphatic heterocycles. The maximum absolute atomic E-state index is 13.0. The van der Waals surface area contributed by atoms with Gasteiger partial charge in [-0.15, -0.1) is 0 Å². The number of hydrogen-bond donors (Lipinski definition) is 8. The van der Waals surface area contributed by atoms with Crippen LogP contribution in [0.5, 0.6) is 28.7 Å². The summed E-state index contributed by atoms with van der Waals surface area (Å²) in [4.78, 5) is 13.0. The maximum atomic E-state index is 13.0. The van der Waals surface area contributed by atoms with Crippen LogP contribution in [0.25, 0.3) is 22.3 Å². The predicted molar refractivity (Wildman–Crippen MR) is 150 cm³/mol. The fraction of sp³-hybridized carbons (Fsp3) is 0.483. The first-order valence-electron chi connectivity index (χ1n) is 13.8. The zero-order valence-electron chi connectivity index (χ0n) is 24.2. The van der Waals surface area contributed by atoms with Crippen LogP contribution < -0.4 is 19.6 Å². The van der Waals surface area contributed by atoms with Crippen LogP contribution >= 0.6 is 0 Å². The molecule has 0 amide bonds. The molecule has 16 heteroatoms. The second-order valence-corrected chi connectivity index (χ2v) is 10.6. The van der Waals surface area contributed by atoms with Gasteiger partial charge < -0.3 is 73.7 Å². The standard InChI is InChI=1S/C29H34O16/c1-10-20(32)23(35)25(37)28(42-10)41-9-18-21(33)24(36)26(38)29(45-18)44-17-8-16-19(22(34)27(17)40-3)13(31)7-14(43-16)11-4-5-12(30)15(6-11)39-2/h4-8,10,18,20-21,23-26,28-30,32-38H,9H2,1-3H3/t10-,18+,20-,21+,23+,24-,25+,26+,28+,29+/m0/s1. The van der Waals surface area contributed by atoms with E-state index >= 15 is 0 Å². The Labute approximate surface area is 254 Å². The first-order valence-corrected chi connectivity index (χ1v) is 13.8. The van der Waals surface area contributed by atoms with Gasteiger partial charge in [-0.25, -0.2) is 0 Å². The minimum Gasteiger partial charge on any atom is -0.504 e. The number of ether oxygens (including phenoxy) is 6. The summed E-state index contributed by atoms with van der Waals surface area (Å²) in [7, 11) is 2.53. The topological polar surface area (TPSA) is 247 Å². The largest absolute Gasteiger partial charge is 0.504 e. The second kappa shape index (κ2) is 13.0. The van der Waals surface area contributed by atoms with Gasteiger partial charge in [0.2, 0.25) is 12.0 Å². The van der Waals surface area contributed by atoms with E-state index in [1.54, 1.807) is 0 Å². The number of aromatic hydroxyl groups is 2. The normalized spacial score (nSPS) is 31.9. The van der Waals surface area contributed by atoms with Gasteiger partial charge in [0.1, 0.15) is 59.5 Å². The zero-order chi connectivity index (χ0) is 32.7. The van der Waals surface area contributed by atoms with Gasteiger partial charge in [-0.05, 0) is 25.1 Å². The summed E-state index contributed by atoms with van der Waals surface area (Å²) >= 11 is 0. The van der Waals surface area contributed by atoms with Crippen molar-refractivity contribution in [1.82, 2.24) is 0 Å². The van der Waals surface area contributed by atoms with Gasteiger partial charge in [0.25, 0.3) is 0 Å². The highest BCUT2D eigenvalue weighted by molar-refractivity contribution is 5.89. The second-order valence-electron chi connectivity index (χ2n) is 10.6. The molecule has 16 nitrogen and oxygen atoms in total. The molecule has 0 unspecified atom stereocenters. The molecule has 2 saturated heterocycles. The van der Waals surface area contributed by atoms with E-state index in [4.69, 9.17) is 32.8 Å². The van der Waals surface area contributed by atoms with Gasteiger partial charge in [0, 0.05) is 17.7 Å².